The van der Waals surface area contributed by atoms with Crippen molar-refractivity contribution in [3.05, 3.63) is 303 Å². The van der Waals surface area contributed by atoms with E-state index in [9.17, 15) is 20.6 Å². The Kier molecular flexibility index (Phi) is 5.43. The van der Waals surface area contributed by atoms with Crippen LogP contribution in [0.25, 0.3) is 55.0 Å². The molecular weight excluding hydrogens is 1040 g/mol. The summed E-state index contributed by atoms with van der Waals surface area (Å²) in [5.74, 6) is 0. The van der Waals surface area contributed by atoms with E-state index in [1.165, 1.54) is 15.9 Å². The maximum Gasteiger partial charge on any atom is 0.252 e. The molecule has 15 aromatic rings. The van der Waals surface area contributed by atoms with Gasteiger partial charge in [-0.2, -0.15) is 0 Å². The molecule has 0 unspecified atom stereocenters. The van der Waals surface area contributed by atoms with Gasteiger partial charge in [0.1, 0.15) is 0 Å². The molecular formula is C78H50B2N6. The second-order valence-electron chi connectivity index (χ2n) is 20.7. The average molecular weight is 1130 g/mol. The van der Waals surface area contributed by atoms with E-state index in [0.717, 1.165) is 11.0 Å². The molecule has 0 amide bonds. The highest BCUT2D eigenvalue weighted by Gasteiger charge is 2.45. The minimum atomic E-state index is -1.23. The molecule has 0 bridgehead atoms. The van der Waals surface area contributed by atoms with Crippen LogP contribution in [0.2, 0.25) is 0 Å². The Morgan fingerprint density at radius 1 is 0.291 bits per heavy atom. The summed E-state index contributed by atoms with van der Waals surface area (Å²) in [5.41, 5.74) is -0.157. The van der Waals surface area contributed by atoms with Gasteiger partial charge in [-0.25, -0.2) is 0 Å². The van der Waals surface area contributed by atoms with Crippen molar-refractivity contribution in [3.63, 3.8) is 0 Å². The molecule has 86 heavy (non-hydrogen) atoms. The molecule has 4 aliphatic rings. The molecule has 0 saturated carbocycles. The molecule has 8 heteroatoms. The van der Waals surface area contributed by atoms with E-state index in [2.05, 4.69) is 0 Å². The molecule has 0 aliphatic carbocycles. The van der Waals surface area contributed by atoms with Gasteiger partial charge in [-0.15, -0.1) is 0 Å². The summed E-state index contributed by atoms with van der Waals surface area (Å²) in [6.07, 6.45) is 0. The van der Waals surface area contributed by atoms with Crippen LogP contribution in [-0.2, 0) is 0 Å². The van der Waals surface area contributed by atoms with Crippen molar-refractivity contribution in [3.8, 4) is 11.4 Å². The summed E-state index contributed by atoms with van der Waals surface area (Å²) in [6.45, 7) is -2.14. The highest BCUT2D eigenvalue weighted by molar-refractivity contribution is 7.01. The SMILES string of the molecule is [2H]c1cc(N(c2ccc3c(c2[2H])N(c2c([2H])c([2H])c([2H])c([2H])c2[2H])c2cccc4c2B3c2cccc3c5cc6c7cccc8c7n(c6cc5n-4c23)-c2cccc3c2B8c2c([2H])c([2H])c(N(c4c([2H])c([2H])c([2H])c([2H])c4[2H])c4c([2H])c([2H])c([2H])c([2H])c4[2H])c([2H])c2N3c2c([2H])c([2H])c([2H])c([2H])c2[2H])c2c([2H])c([2H])c([2H])c([2H])c2[2H])c([2H])c([2H])c1[2H]. The predicted octanol–water partition coefficient (Wildman–Crippen LogP) is 16.0. The second-order valence-corrected chi connectivity index (χ2v) is 20.7. The van der Waals surface area contributed by atoms with Crippen molar-refractivity contribution in [2.45, 2.75) is 0 Å². The van der Waals surface area contributed by atoms with E-state index in [1.54, 1.807) is 48.5 Å². The average Bonchev–Trinajstić information content (AvgIpc) is 1.56. The van der Waals surface area contributed by atoms with Gasteiger partial charge in [0.2, 0.25) is 0 Å². The van der Waals surface area contributed by atoms with Crippen molar-refractivity contribution in [2.75, 3.05) is 19.6 Å². The standard InChI is InChI=1S/C78H50B2N6/c1-7-23-51(24-8-1)81(52-25-9-2-10-26-52)57-43-45-63-73(47-57)83(55-31-15-5-16-32-55)67-39-21-41-69-75(67)79(63)65-37-19-35-59-61-49-62-60-36-20-38-66-78(60)86(72(62)50-71(61)85(69)77(59)65)70-42-22-40-68-76(70)80(66)64-46-44-58(48-74(64)84(68)56-33-17-6-18-34-56)82(53-27-11-3-12-28-53)54-29-13-4-14-30-54/h1-50H/i1D,2D,3D,4D,5D,6D,7D,8D,9D,10D,11D,12D,13D,14D,15D,16D,17D,18D,23D,24D,25D,26D,27D,28D,29D,31D,32D,33D,34D,43D,45D,47D,48D. The van der Waals surface area contributed by atoms with Crippen molar-refractivity contribution in [2.24, 2.45) is 0 Å². The third kappa shape index (κ3) is 6.58. The molecule has 0 spiro atoms. The molecule has 6 heterocycles. The number of hydrogen-bond donors (Lipinski definition) is 0. The fourth-order valence-electron chi connectivity index (χ4n) is 13.5. The van der Waals surface area contributed by atoms with Gasteiger partial charge in [0, 0.05) is 112 Å². The molecule has 0 radical (unpaired) electrons. The van der Waals surface area contributed by atoms with Gasteiger partial charge in [-0.1, -0.05) is 169 Å². The first-order chi connectivity index (χ1) is 56.4. The number of para-hydroxylation sites is 8. The zero-order valence-electron chi connectivity index (χ0n) is 77.2. The number of aromatic nitrogens is 2. The van der Waals surface area contributed by atoms with Crippen LogP contribution < -0.4 is 52.4 Å². The Labute approximate surface area is 545 Å². The van der Waals surface area contributed by atoms with Gasteiger partial charge < -0.3 is 28.7 Å². The Balaban J connectivity index is 0.894. The summed E-state index contributed by atoms with van der Waals surface area (Å²) < 4.78 is 309. The van der Waals surface area contributed by atoms with Crippen LogP contribution in [0, 0.1) is 0 Å². The van der Waals surface area contributed by atoms with Gasteiger partial charge in [0.25, 0.3) is 13.4 Å². The number of benzene rings is 13. The maximum absolute atomic E-state index is 10.7. The quantitative estimate of drug-likeness (QED) is 0.141. The normalized spacial score (nSPS) is 18.4. The maximum atomic E-state index is 10.7. The molecule has 398 valence electrons. The van der Waals surface area contributed by atoms with Crippen LogP contribution in [0.1, 0.15) is 45.2 Å². The first-order valence-corrected chi connectivity index (χ1v) is 27.1. The van der Waals surface area contributed by atoms with E-state index in [1.807, 2.05) is 51.6 Å². The van der Waals surface area contributed by atoms with Gasteiger partial charge in [0.15, 0.2) is 0 Å². The largest absolute Gasteiger partial charge is 0.311 e. The number of hydrogen-bond acceptors (Lipinski definition) is 4. The third-order valence-electron chi connectivity index (χ3n) is 16.6. The molecule has 4 aliphatic heterocycles. The fourth-order valence-corrected chi connectivity index (χ4v) is 13.5. The number of anilines is 12. The number of rotatable bonds is 8. The van der Waals surface area contributed by atoms with Crippen LogP contribution in [0.5, 0.6) is 0 Å². The topological polar surface area (TPSA) is 22.8 Å². The highest BCUT2D eigenvalue weighted by atomic mass is 15.2. The third-order valence-corrected chi connectivity index (χ3v) is 16.6. The van der Waals surface area contributed by atoms with Gasteiger partial charge in [-0.3, -0.25) is 0 Å². The van der Waals surface area contributed by atoms with Crippen LogP contribution in [0.3, 0.4) is 0 Å². The van der Waals surface area contributed by atoms with Crippen molar-refractivity contribution >= 4 is 158 Å². The smallest absolute Gasteiger partial charge is 0.252 e. The minimum Gasteiger partial charge on any atom is -0.311 e. The summed E-state index contributed by atoms with van der Waals surface area (Å²) >= 11 is 0. The van der Waals surface area contributed by atoms with Crippen LogP contribution >= 0.6 is 0 Å². The first-order valence-electron chi connectivity index (χ1n) is 43.6. The second kappa shape index (κ2) is 18.1. The Morgan fingerprint density at radius 2 is 0.721 bits per heavy atom. The van der Waals surface area contributed by atoms with E-state index in [0.29, 0.717) is 87.2 Å². The van der Waals surface area contributed by atoms with E-state index >= 15 is 0 Å². The monoisotopic (exact) mass is 1130 g/mol. The fraction of sp³-hybridized carbons (Fsp3) is 0. The van der Waals surface area contributed by atoms with Gasteiger partial charge in [0.05, 0.1) is 56.3 Å². The summed E-state index contributed by atoms with van der Waals surface area (Å²) in [4.78, 5) is 4.10. The van der Waals surface area contributed by atoms with E-state index < -0.39 is 258 Å². The van der Waals surface area contributed by atoms with Gasteiger partial charge >= 0.3 is 0 Å². The lowest BCUT2D eigenvalue weighted by Crippen LogP contribution is -2.60. The van der Waals surface area contributed by atoms with E-state index in [4.69, 9.17) is 24.7 Å². The molecule has 19 rings (SSSR count). The lowest BCUT2D eigenvalue weighted by Gasteiger charge is -2.41. The van der Waals surface area contributed by atoms with Crippen molar-refractivity contribution < 1.29 is 45.2 Å². The first kappa shape index (κ1) is 25.7. The van der Waals surface area contributed by atoms with E-state index in [-0.39, 0.29) is 28.2 Å². The summed E-state index contributed by atoms with van der Waals surface area (Å²) in [6, 6.07) is 1.76. The Morgan fingerprint density at radius 3 is 1.26 bits per heavy atom. The zero-order valence-corrected chi connectivity index (χ0v) is 44.2. The lowest BCUT2D eigenvalue weighted by atomic mass is 9.34. The van der Waals surface area contributed by atoms with Gasteiger partial charge in [-0.05, 0) is 166 Å². The molecule has 2 aromatic heterocycles. The Hall–Kier alpha value is -11.2. The number of fused-ring (bicyclic) bond motifs is 14. The zero-order chi connectivity index (χ0) is 84.9. The predicted molar refractivity (Wildman–Crippen MR) is 363 cm³/mol. The molecule has 0 N–H and O–H groups in total. The molecule has 6 nitrogen and oxygen atoms in total. The Bertz CT molecular complexity index is 7160. The van der Waals surface area contributed by atoms with Crippen molar-refractivity contribution in [1.29, 1.82) is 0 Å². The van der Waals surface area contributed by atoms with Crippen molar-refractivity contribution in [1.82, 2.24) is 9.13 Å². The minimum absolute atomic E-state index is 0.0506. The summed E-state index contributed by atoms with van der Waals surface area (Å²) in [5, 5.41) is 2.62. The molecule has 0 saturated heterocycles. The summed E-state index contributed by atoms with van der Waals surface area (Å²) in [7, 11) is 0. The lowest BCUT2D eigenvalue weighted by molar-refractivity contribution is 1.16. The van der Waals surface area contributed by atoms with Crippen LogP contribution in [-0.4, -0.2) is 22.6 Å². The van der Waals surface area contributed by atoms with Crippen LogP contribution in [0.4, 0.5) is 68.2 Å². The molecule has 0 fully saturated rings. The van der Waals surface area contributed by atoms with Crippen LogP contribution in [0.15, 0.2) is 303 Å². The highest BCUT2D eigenvalue weighted by Crippen LogP contribution is 2.48. The number of nitrogens with zero attached hydrogens (tertiary/aromatic N) is 6. The molecule has 13 aromatic carbocycles. The molecule has 0 atom stereocenters.